The highest BCUT2D eigenvalue weighted by Gasteiger charge is 2.31. The Bertz CT molecular complexity index is 1260. The van der Waals surface area contributed by atoms with Gasteiger partial charge in [-0.2, -0.15) is 0 Å². The Morgan fingerprint density at radius 3 is 1.88 bits per heavy atom. The zero-order chi connectivity index (χ0) is 29.1. The number of ether oxygens (including phenoxy) is 1. The summed E-state index contributed by atoms with van der Waals surface area (Å²) in [6.07, 6.45) is 0.550. The molecule has 3 rings (SSSR count). The number of benzene rings is 2. The van der Waals surface area contributed by atoms with Crippen molar-refractivity contribution in [3.63, 3.8) is 0 Å². The van der Waals surface area contributed by atoms with Crippen LogP contribution in [0.1, 0.15) is 41.9 Å². The predicted molar refractivity (Wildman–Crippen MR) is 148 cm³/mol. The molecule has 0 radical (unpaired) electrons. The molecule has 3 atom stereocenters. The first-order valence-electron chi connectivity index (χ1n) is 13.0. The Balaban J connectivity index is 1.85. The second kappa shape index (κ2) is 14.5. The molecule has 3 aromatic rings. The first-order chi connectivity index (χ1) is 19.2. The van der Waals surface area contributed by atoms with Crippen LogP contribution >= 0.6 is 0 Å². The maximum Gasteiger partial charge on any atom is 0.405 e. The molecule has 1 heterocycles. The van der Waals surface area contributed by atoms with E-state index < -0.39 is 36.0 Å². The molecule has 0 aliphatic carbocycles. The van der Waals surface area contributed by atoms with Crippen LogP contribution in [-0.2, 0) is 22.4 Å². The molecule has 1 aromatic heterocycles. The van der Waals surface area contributed by atoms with Crippen LogP contribution in [0.15, 0.2) is 77.4 Å². The molecule has 0 fully saturated rings. The van der Waals surface area contributed by atoms with Gasteiger partial charge in [-0.25, -0.2) is 4.79 Å². The van der Waals surface area contributed by atoms with Crippen LogP contribution in [0.2, 0.25) is 0 Å². The lowest BCUT2D eigenvalue weighted by atomic mass is 9.97. The maximum absolute atomic E-state index is 13.6. The normalized spacial score (nSPS) is 13.1. The number of ketones is 1. The summed E-state index contributed by atoms with van der Waals surface area (Å²) < 4.78 is 10.5. The van der Waals surface area contributed by atoms with Crippen LogP contribution in [-0.4, -0.2) is 54.0 Å². The number of methoxy groups -OCH3 is 1. The van der Waals surface area contributed by atoms with Crippen LogP contribution in [0.5, 0.6) is 5.75 Å². The molecule has 10 heteroatoms. The van der Waals surface area contributed by atoms with Gasteiger partial charge in [-0.05, 0) is 47.7 Å². The number of carboxylic acid groups (broad SMARTS) is 1. The molecule has 0 bridgehead atoms. The van der Waals surface area contributed by atoms with Crippen molar-refractivity contribution in [1.82, 2.24) is 16.0 Å². The Morgan fingerprint density at radius 1 is 0.775 bits per heavy atom. The van der Waals surface area contributed by atoms with Crippen LogP contribution in [0, 0.1) is 5.92 Å². The Morgan fingerprint density at radius 2 is 1.35 bits per heavy atom. The molecule has 0 aliphatic rings. The summed E-state index contributed by atoms with van der Waals surface area (Å²) in [6.45, 7) is 3.86. The number of furan rings is 1. The van der Waals surface area contributed by atoms with E-state index in [0.717, 1.165) is 11.1 Å². The van der Waals surface area contributed by atoms with Gasteiger partial charge in [0.25, 0.3) is 0 Å². The van der Waals surface area contributed by atoms with Crippen LogP contribution in [0.3, 0.4) is 0 Å². The van der Waals surface area contributed by atoms with Gasteiger partial charge in [0, 0.05) is 12.8 Å². The van der Waals surface area contributed by atoms with Crippen molar-refractivity contribution in [3.8, 4) is 5.75 Å². The van der Waals surface area contributed by atoms with Crippen molar-refractivity contribution in [1.29, 1.82) is 0 Å². The molecule has 212 valence electrons. The minimum Gasteiger partial charge on any atom is -0.497 e. The summed E-state index contributed by atoms with van der Waals surface area (Å²) in [6, 6.07) is 15.9. The minimum atomic E-state index is -1.37. The summed E-state index contributed by atoms with van der Waals surface area (Å²) in [7, 11) is 1.54. The van der Waals surface area contributed by atoms with Gasteiger partial charge in [-0.1, -0.05) is 56.3 Å². The quantitative estimate of drug-likeness (QED) is 0.225. The number of carbonyl (C=O) groups excluding carboxylic acids is 3. The highest BCUT2D eigenvalue weighted by atomic mass is 16.5. The van der Waals surface area contributed by atoms with Crippen molar-refractivity contribution in [2.75, 3.05) is 7.11 Å². The molecule has 2 aromatic carbocycles. The molecule has 0 saturated carbocycles. The highest BCUT2D eigenvalue weighted by Crippen LogP contribution is 2.15. The van der Waals surface area contributed by atoms with E-state index in [1.807, 2.05) is 19.9 Å². The lowest BCUT2D eigenvalue weighted by molar-refractivity contribution is -0.130. The molecule has 4 N–H and O–H groups in total. The second-order valence-electron chi connectivity index (χ2n) is 9.84. The van der Waals surface area contributed by atoms with E-state index in [0.29, 0.717) is 12.2 Å². The van der Waals surface area contributed by atoms with Crippen molar-refractivity contribution >= 4 is 23.7 Å². The van der Waals surface area contributed by atoms with Crippen LogP contribution in [0.25, 0.3) is 0 Å². The smallest absolute Gasteiger partial charge is 0.405 e. The van der Waals surface area contributed by atoms with Gasteiger partial charge in [0.2, 0.25) is 17.6 Å². The Kier molecular flexibility index (Phi) is 10.9. The SMILES string of the molecule is COc1ccc(CC(NC(=O)C(Cc2ccccc2)NC(=O)O)C(=O)NC(CC(C)C)C(=O)c2ccco2)cc1. The third-order valence-electron chi connectivity index (χ3n) is 6.23. The number of carbonyl (C=O) groups is 4. The molecule has 10 nitrogen and oxygen atoms in total. The molecule has 3 amide bonds. The van der Waals surface area contributed by atoms with Crippen molar-refractivity contribution in [2.45, 2.75) is 51.2 Å². The molecule has 40 heavy (non-hydrogen) atoms. The van der Waals surface area contributed by atoms with Crippen molar-refractivity contribution < 1.29 is 33.4 Å². The molecule has 3 unspecified atom stereocenters. The van der Waals surface area contributed by atoms with Crippen molar-refractivity contribution in [3.05, 3.63) is 89.9 Å². The number of nitrogens with one attached hydrogen (secondary N) is 3. The van der Waals surface area contributed by atoms with Gasteiger partial charge < -0.3 is 30.2 Å². The summed E-state index contributed by atoms with van der Waals surface area (Å²) in [5, 5.41) is 17.1. The number of hydrogen-bond acceptors (Lipinski definition) is 6. The lowest BCUT2D eigenvalue weighted by Gasteiger charge is -2.25. The summed E-state index contributed by atoms with van der Waals surface area (Å²) in [5.41, 5.74) is 1.47. The highest BCUT2D eigenvalue weighted by molar-refractivity contribution is 6.01. The fourth-order valence-corrected chi connectivity index (χ4v) is 4.25. The lowest BCUT2D eigenvalue weighted by Crippen LogP contribution is -2.56. The van der Waals surface area contributed by atoms with E-state index >= 15 is 0 Å². The van der Waals surface area contributed by atoms with Gasteiger partial charge in [-0.15, -0.1) is 0 Å². The summed E-state index contributed by atoms with van der Waals surface area (Å²) in [4.78, 5) is 51.5. The molecule has 0 spiro atoms. The zero-order valence-corrected chi connectivity index (χ0v) is 22.8. The Labute approximate surface area is 233 Å². The topological polar surface area (TPSA) is 147 Å². The molecule has 0 aliphatic heterocycles. The minimum absolute atomic E-state index is 0.0776. The third kappa shape index (κ3) is 9.00. The second-order valence-corrected chi connectivity index (χ2v) is 9.84. The molecular formula is C30H35N3O7. The van der Waals surface area contributed by atoms with E-state index in [9.17, 15) is 24.3 Å². The largest absolute Gasteiger partial charge is 0.497 e. The molecular weight excluding hydrogens is 514 g/mol. The number of amides is 3. The Hall–Kier alpha value is -4.60. The van der Waals surface area contributed by atoms with Gasteiger partial charge >= 0.3 is 6.09 Å². The third-order valence-corrected chi connectivity index (χ3v) is 6.23. The number of rotatable bonds is 14. The van der Waals surface area contributed by atoms with Gasteiger partial charge in [-0.3, -0.25) is 14.4 Å². The van der Waals surface area contributed by atoms with Crippen LogP contribution < -0.4 is 20.7 Å². The predicted octanol–water partition coefficient (Wildman–Crippen LogP) is 3.61. The van der Waals surface area contributed by atoms with E-state index in [-0.39, 0.29) is 30.3 Å². The fourth-order valence-electron chi connectivity index (χ4n) is 4.25. The molecule has 0 saturated heterocycles. The van der Waals surface area contributed by atoms with Gasteiger partial charge in [0.1, 0.15) is 17.8 Å². The number of Topliss-reactive ketones (excluding diaryl/α,β-unsaturated/α-hetero) is 1. The van der Waals surface area contributed by atoms with Gasteiger partial charge in [0.05, 0.1) is 19.4 Å². The zero-order valence-electron chi connectivity index (χ0n) is 22.8. The van der Waals surface area contributed by atoms with E-state index in [4.69, 9.17) is 9.15 Å². The first kappa shape index (κ1) is 29.9. The van der Waals surface area contributed by atoms with E-state index in [1.165, 1.54) is 12.3 Å². The summed E-state index contributed by atoms with van der Waals surface area (Å²) >= 11 is 0. The first-order valence-corrected chi connectivity index (χ1v) is 13.0. The fraction of sp³-hybridized carbons (Fsp3) is 0.333. The number of hydrogen-bond donors (Lipinski definition) is 4. The maximum atomic E-state index is 13.6. The standard InChI is InChI=1S/C30H35N3O7/c1-19(2)16-23(27(34)26-10-7-15-40-26)31-28(35)24(18-21-11-13-22(39-3)14-12-21)32-29(36)25(33-30(37)38)17-20-8-5-4-6-9-20/h4-15,19,23-25,33H,16-18H2,1-3H3,(H,31,35)(H,32,36)(H,37,38). The van der Waals surface area contributed by atoms with E-state index in [2.05, 4.69) is 16.0 Å². The monoisotopic (exact) mass is 549 g/mol. The average molecular weight is 550 g/mol. The van der Waals surface area contributed by atoms with Crippen molar-refractivity contribution in [2.24, 2.45) is 5.92 Å². The summed E-state index contributed by atoms with van der Waals surface area (Å²) in [5.74, 6) is -0.801. The van der Waals surface area contributed by atoms with E-state index in [1.54, 1.807) is 61.7 Å². The van der Waals surface area contributed by atoms with Crippen LogP contribution in [0.4, 0.5) is 4.79 Å². The van der Waals surface area contributed by atoms with Gasteiger partial charge in [0.15, 0.2) is 5.76 Å². The average Bonchev–Trinajstić information content (AvgIpc) is 3.47.